The third-order valence-electron chi connectivity index (χ3n) is 7.56. The largest absolute Gasteiger partial charge is 0.489 e. The number of hydrogen-bond donors (Lipinski definition) is 2. The van der Waals surface area contributed by atoms with Crippen molar-refractivity contribution in [1.82, 2.24) is 19.9 Å². The Kier molecular flexibility index (Phi) is 5.44. The van der Waals surface area contributed by atoms with E-state index < -0.39 is 0 Å². The first-order valence-corrected chi connectivity index (χ1v) is 12.5. The molecule has 0 amide bonds. The van der Waals surface area contributed by atoms with E-state index in [0.717, 1.165) is 67.8 Å². The number of nitrogens with zero attached hydrogens (tertiary/aromatic N) is 4. The molecule has 1 saturated carbocycles. The quantitative estimate of drug-likeness (QED) is 0.556. The van der Waals surface area contributed by atoms with Gasteiger partial charge < -0.3 is 20.3 Å². The summed E-state index contributed by atoms with van der Waals surface area (Å²) in [6.07, 6.45) is 5.69. The average Bonchev–Trinajstić information content (AvgIpc) is 3.38. The maximum Gasteiger partial charge on any atom is 0.263 e. The Labute approximate surface area is 203 Å². The summed E-state index contributed by atoms with van der Waals surface area (Å²) in [6, 6.07) is 6.47. The van der Waals surface area contributed by atoms with E-state index in [9.17, 15) is 9.59 Å². The van der Waals surface area contributed by atoms with Crippen LogP contribution in [0.1, 0.15) is 54.6 Å². The van der Waals surface area contributed by atoms with Crippen molar-refractivity contribution in [2.24, 2.45) is 0 Å². The molecule has 1 aliphatic carbocycles. The van der Waals surface area contributed by atoms with Crippen LogP contribution in [0.3, 0.4) is 0 Å². The molecule has 1 saturated heterocycles. The van der Waals surface area contributed by atoms with Crippen molar-refractivity contribution >= 4 is 34.1 Å². The molecule has 0 radical (unpaired) electrons. The number of pyridine rings is 1. The number of ether oxygens (including phenoxy) is 1. The molecule has 2 aliphatic heterocycles. The fourth-order valence-electron chi connectivity index (χ4n) is 5.80. The predicted molar refractivity (Wildman–Crippen MR) is 135 cm³/mol. The molecule has 6 rings (SSSR count). The summed E-state index contributed by atoms with van der Waals surface area (Å²) in [4.78, 5) is 37.5. The van der Waals surface area contributed by atoms with Crippen LogP contribution in [0.4, 0.5) is 17.3 Å². The lowest BCUT2D eigenvalue weighted by atomic mass is 10.0. The Morgan fingerprint density at radius 2 is 2.06 bits per heavy atom. The summed E-state index contributed by atoms with van der Waals surface area (Å²) in [5.74, 6) is 1.04. The molecule has 0 bridgehead atoms. The minimum Gasteiger partial charge on any atom is -0.489 e. The second kappa shape index (κ2) is 8.64. The van der Waals surface area contributed by atoms with Crippen molar-refractivity contribution in [2.75, 3.05) is 36.5 Å². The number of ketones is 1. The van der Waals surface area contributed by atoms with E-state index in [0.29, 0.717) is 29.8 Å². The molecule has 2 aromatic heterocycles. The zero-order valence-electron chi connectivity index (χ0n) is 20.1. The molecule has 3 aliphatic rings. The van der Waals surface area contributed by atoms with E-state index in [1.54, 1.807) is 17.7 Å². The second-order valence-corrected chi connectivity index (χ2v) is 9.77. The lowest BCUT2D eigenvalue weighted by Crippen LogP contribution is -2.55. The molecule has 1 aromatic carbocycles. The molecule has 9 heteroatoms. The van der Waals surface area contributed by atoms with Gasteiger partial charge in [-0.05, 0) is 44.4 Å². The van der Waals surface area contributed by atoms with Gasteiger partial charge >= 0.3 is 0 Å². The van der Waals surface area contributed by atoms with Crippen LogP contribution >= 0.6 is 0 Å². The van der Waals surface area contributed by atoms with Crippen molar-refractivity contribution in [3.63, 3.8) is 0 Å². The highest BCUT2D eigenvalue weighted by Gasteiger charge is 2.30. The van der Waals surface area contributed by atoms with E-state index in [1.165, 1.54) is 6.92 Å². The van der Waals surface area contributed by atoms with E-state index in [1.807, 2.05) is 12.1 Å². The van der Waals surface area contributed by atoms with Gasteiger partial charge in [-0.3, -0.25) is 14.2 Å². The molecule has 0 spiro atoms. The summed E-state index contributed by atoms with van der Waals surface area (Å²) < 4.78 is 7.79. The number of piperazine rings is 1. The fraction of sp³-hybridized carbons (Fsp3) is 0.462. The van der Waals surface area contributed by atoms with E-state index >= 15 is 0 Å². The Hall–Kier alpha value is -3.46. The number of Topliss-reactive ketones (excluding diaryl/α,β-unsaturated/α-hetero) is 1. The van der Waals surface area contributed by atoms with Gasteiger partial charge in [0.15, 0.2) is 5.78 Å². The predicted octanol–water partition coefficient (Wildman–Crippen LogP) is 3.33. The van der Waals surface area contributed by atoms with Crippen LogP contribution in [0, 0.1) is 6.92 Å². The number of hydrogen-bond acceptors (Lipinski definition) is 8. The molecule has 4 heterocycles. The van der Waals surface area contributed by atoms with Gasteiger partial charge in [0.2, 0.25) is 5.95 Å². The molecule has 3 aromatic rings. The standard InChI is InChI=1S/C26H30N6O3/c1-15-20-13-28-26(30-24(20)32(18-5-3-4-6-18)25(34)23(15)16(2)33)29-17-7-8-21-22(11-17)35-14-19-12-27-9-10-31(19)21/h7-8,11,13,18-19,27H,3-6,9-10,12,14H2,1-2H3,(H,28,29,30)/t19-/m1/s1. The number of carbonyl (C=O) groups excluding carboxylic acids is 1. The topological polar surface area (TPSA) is 101 Å². The van der Waals surface area contributed by atoms with Gasteiger partial charge in [0, 0.05) is 49.0 Å². The smallest absolute Gasteiger partial charge is 0.263 e. The van der Waals surface area contributed by atoms with Crippen LogP contribution in [0.2, 0.25) is 0 Å². The van der Waals surface area contributed by atoms with Crippen molar-refractivity contribution in [3.05, 3.63) is 45.9 Å². The zero-order valence-corrected chi connectivity index (χ0v) is 20.1. The molecule has 1 atom stereocenters. The second-order valence-electron chi connectivity index (χ2n) is 9.77. The van der Waals surface area contributed by atoms with E-state index in [-0.39, 0.29) is 22.9 Å². The highest BCUT2D eigenvalue weighted by Crippen LogP contribution is 2.37. The number of anilines is 3. The molecular weight excluding hydrogens is 444 g/mol. The first-order valence-electron chi connectivity index (χ1n) is 12.5. The lowest BCUT2D eigenvalue weighted by Gasteiger charge is -2.42. The molecule has 35 heavy (non-hydrogen) atoms. The molecule has 182 valence electrons. The van der Waals surface area contributed by atoms with Gasteiger partial charge in [0.05, 0.1) is 17.3 Å². The summed E-state index contributed by atoms with van der Waals surface area (Å²) >= 11 is 0. The molecule has 9 nitrogen and oxygen atoms in total. The van der Waals surface area contributed by atoms with Crippen LogP contribution in [0.5, 0.6) is 5.75 Å². The van der Waals surface area contributed by atoms with Crippen molar-refractivity contribution in [2.45, 2.75) is 51.6 Å². The van der Waals surface area contributed by atoms with Gasteiger partial charge in [-0.15, -0.1) is 0 Å². The number of rotatable bonds is 4. The Morgan fingerprint density at radius 1 is 1.23 bits per heavy atom. The Morgan fingerprint density at radius 3 is 2.86 bits per heavy atom. The first-order chi connectivity index (χ1) is 17.0. The SMILES string of the molecule is CC(=O)c1c(C)c2cnc(Nc3ccc4c(c3)OC[C@H]3CNCCN43)nc2n(C2CCCC2)c1=O. The minimum absolute atomic E-state index is 0.0515. The Bertz CT molecular complexity index is 1380. The molecule has 2 N–H and O–H groups in total. The first kappa shape index (κ1) is 22.0. The average molecular weight is 475 g/mol. The van der Waals surface area contributed by atoms with Gasteiger partial charge in [-0.1, -0.05) is 12.8 Å². The molecular formula is C26H30N6O3. The van der Waals surface area contributed by atoms with Crippen LogP contribution in [0.15, 0.2) is 29.2 Å². The van der Waals surface area contributed by atoms with Crippen LogP contribution in [-0.4, -0.2) is 52.6 Å². The van der Waals surface area contributed by atoms with E-state index in [4.69, 9.17) is 9.72 Å². The van der Waals surface area contributed by atoms with Crippen molar-refractivity contribution < 1.29 is 9.53 Å². The van der Waals surface area contributed by atoms with E-state index in [2.05, 4.69) is 26.6 Å². The zero-order chi connectivity index (χ0) is 24.1. The van der Waals surface area contributed by atoms with Crippen LogP contribution in [0.25, 0.3) is 11.0 Å². The normalized spacial score (nSPS) is 19.8. The number of aromatic nitrogens is 3. The number of carbonyl (C=O) groups is 1. The maximum absolute atomic E-state index is 13.4. The van der Waals surface area contributed by atoms with Gasteiger partial charge in [-0.25, -0.2) is 4.98 Å². The number of benzene rings is 1. The van der Waals surface area contributed by atoms with Crippen molar-refractivity contribution in [1.29, 1.82) is 0 Å². The van der Waals surface area contributed by atoms with Gasteiger partial charge in [-0.2, -0.15) is 4.98 Å². The maximum atomic E-state index is 13.4. The highest BCUT2D eigenvalue weighted by molar-refractivity contribution is 5.99. The summed E-state index contributed by atoms with van der Waals surface area (Å²) in [7, 11) is 0. The van der Waals surface area contributed by atoms with Crippen LogP contribution < -0.4 is 25.8 Å². The molecule has 2 fully saturated rings. The van der Waals surface area contributed by atoms with Crippen molar-refractivity contribution in [3.8, 4) is 5.75 Å². The minimum atomic E-state index is -0.244. The fourth-order valence-corrected chi connectivity index (χ4v) is 5.80. The van der Waals surface area contributed by atoms with Crippen LogP contribution in [-0.2, 0) is 0 Å². The van der Waals surface area contributed by atoms with Gasteiger partial charge in [0.1, 0.15) is 18.0 Å². The Balaban J connectivity index is 1.39. The summed E-state index contributed by atoms with van der Waals surface area (Å²) in [6.45, 7) is 6.77. The number of aryl methyl sites for hydroxylation is 1. The molecule has 0 unspecified atom stereocenters. The number of fused-ring (bicyclic) bond motifs is 4. The lowest BCUT2D eigenvalue weighted by molar-refractivity contribution is 0.101. The highest BCUT2D eigenvalue weighted by atomic mass is 16.5. The number of nitrogens with one attached hydrogen (secondary N) is 2. The third-order valence-corrected chi connectivity index (χ3v) is 7.56. The summed E-state index contributed by atoms with van der Waals surface area (Å²) in [5, 5.41) is 7.46. The monoisotopic (exact) mass is 474 g/mol. The van der Waals surface area contributed by atoms with Gasteiger partial charge in [0.25, 0.3) is 5.56 Å². The third kappa shape index (κ3) is 3.74. The summed E-state index contributed by atoms with van der Waals surface area (Å²) in [5.41, 5.74) is 3.16.